The second-order valence-electron chi connectivity index (χ2n) is 5.58. The standard InChI is InChI=1S/C16H17FN2O2S/c1-9-10(4-3-5-11(9)17)16(14(20)21-2)7-6-12-13(8-16)22-15(18)19-12/h3-5H,6-8H2,1-2H3,(H2,18,19). The predicted octanol–water partition coefficient (Wildman–Crippen LogP) is 2.77. The summed E-state index contributed by atoms with van der Waals surface area (Å²) in [6.45, 7) is 1.70. The second-order valence-corrected chi connectivity index (χ2v) is 6.70. The first-order valence-corrected chi connectivity index (χ1v) is 7.87. The molecule has 0 saturated heterocycles. The monoisotopic (exact) mass is 320 g/mol. The molecule has 0 bridgehead atoms. The highest BCUT2D eigenvalue weighted by Gasteiger charge is 2.46. The number of methoxy groups -OCH3 is 1. The first-order valence-electron chi connectivity index (χ1n) is 7.06. The number of nitrogens with zero attached hydrogens (tertiary/aromatic N) is 1. The summed E-state index contributed by atoms with van der Waals surface area (Å²) in [5, 5.41) is 0.502. The van der Waals surface area contributed by atoms with Gasteiger partial charge in [-0.1, -0.05) is 12.1 Å². The number of thiazole rings is 1. The van der Waals surface area contributed by atoms with Gasteiger partial charge in [0.1, 0.15) is 5.82 Å². The Kier molecular flexibility index (Phi) is 3.64. The topological polar surface area (TPSA) is 65.2 Å². The molecule has 3 rings (SSSR count). The fourth-order valence-corrected chi connectivity index (χ4v) is 4.26. The van der Waals surface area contributed by atoms with Crippen LogP contribution in [0.1, 0.15) is 28.1 Å². The van der Waals surface area contributed by atoms with Crippen LogP contribution >= 0.6 is 11.3 Å². The summed E-state index contributed by atoms with van der Waals surface area (Å²) >= 11 is 1.39. The highest BCUT2D eigenvalue weighted by molar-refractivity contribution is 7.15. The van der Waals surface area contributed by atoms with E-state index >= 15 is 0 Å². The van der Waals surface area contributed by atoms with Crippen LogP contribution in [-0.4, -0.2) is 18.1 Å². The molecule has 0 aliphatic heterocycles. The van der Waals surface area contributed by atoms with E-state index in [2.05, 4.69) is 4.98 Å². The molecule has 0 saturated carbocycles. The van der Waals surface area contributed by atoms with Gasteiger partial charge in [0.15, 0.2) is 5.13 Å². The van der Waals surface area contributed by atoms with Crippen molar-refractivity contribution < 1.29 is 13.9 Å². The van der Waals surface area contributed by atoms with E-state index in [1.165, 1.54) is 24.5 Å². The maximum absolute atomic E-state index is 14.0. The Hall–Kier alpha value is -1.95. The Balaban J connectivity index is 2.15. The van der Waals surface area contributed by atoms with Gasteiger partial charge in [-0.25, -0.2) is 9.37 Å². The molecule has 6 heteroatoms. The minimum Gasteiger partial charge on any atom is -0.468 e. The Labute approximate surface area is 132 Å². The van der Waals surface area contributed by atoms with E-state index in [1.54, 1.807) is 13.0 Å². The summed E-state index contributed by atoms with van der Waals surface area (Å²) < 4.78 is 19.0. The van der Waals surface area contributed by atoms with Crippen molar-refractivity contribution in [3.63, 3.8) is 0 Å². The average molecular weight is 320 g/mol. The zero-order valence-corrected chi connectivity index (χ0v) is 13.3. The van der Waals surface area contributed by atoms with E-state index in [0.29, 0.717) is 35.5 Å². The van der Waals surface area contributed by atoms with Crippen LogP contribution in [0.4, 0.5) is 9.52 Å². The van der Waals surface area contributed by atoms with Crippen LogP contribution in [0.15, 0.2) is 18.2 Å². The van der Waals surface area contributed by atoms with Gasteiger partial charge in [-0.3, -0.25) is 4.79 Å². The summed E-state index contributed by atoms with van der Waals surface area (Å²) in [6.07, 6.45) is 1.63. The van der Waals surface area contributed by atoms with E-state index in [9.17, 15) is 9.18 Å². The highest BCUT2D eigenvalue weighted by atomic mass is 32.1. The lowest BCUT2D eigenvalue weighted by molar-refractivity contribution is -0.148. The maximum Gasteiger partial charge on any atom is 0.316 e. The maximum atomic E-state index is 14.0. The van der Waals surface area contributed by atoms with Gasteiger partial charge in [-0.15, -0.1) is 11.3 Å². The molecule has 116 valence electrons. The number of ether oxygens (including phenoxy) is 1. The molecule has 1 heterocycles. The van der Waals surface area contributed by atoms with E-state index in [1.807, 2.05) is 6.07 Å². The van der Waals surface area contributed by atoms with Crippen LogP contribution < -0.4 is 5.73 Å². The van der Waals surface area contributed by atoms with Crippen LogP contribution in [-0.2, 0) is 27.8 Å². The van der Waals surface area contributed by atoms with Gasteiger partial charge in [0.05, 0.1) is 18.2 Å². The first kappa shape index (κ1) is 15.0. The van der Waals surface area contributed by atoms with Gasteiger partial charge in [-0.2, -0.15) is 0 Å². The number of nitrogen functional groups attached to an aromatic ring is 1. The SMILES string of the molecule is COC(=O)C1(c2cccc(F)c2C)CCc2nc(N)sc2C1. The molecule has 1 unspecified atom stereocenters. The number of hydrogen-bond acceptors (Lipinski definition) is 5. The molecule has 0 fully saturated rings. The predicted molar refractivity (Wildman–Crippen MR) is 83.4 cm³/mol. The molecule has 2 aromatic rings. The summed E-state index contributed by atoms with van der Waals surface area (Å²) in [7, 11) is 1.37. The number of rotatable bonds is 2. The smallest absolute Gasteiger partial charge is 0.316 e. The summed E-state index contributed by atoms with van der Waals surface area (Å²) in [6, 6.07) is 4.85. The molecule has 1 aromatic heterocycles. The van der Waals surface area contributed by atoms with E-state index < -0.39 is 5.41 Å². The van der Waals surface area contributed by atoms with Crippen LogP contribution in [0.2, 0.25) is 0 Å². The molecule has 22 heavy (non-hydrogen) atoms. The number of carbonyl (C=O) groups excluding carboxylic acids is 1. The Morgan fingerprint density at radius 2 is 2.27 bits per heavy atom. The third-order valence-corrected chi connectivity index (χ3v) is 5.33. The number of fused-ring (bicyclic) bond motifs is 1. The average Bonchev–Trinajstić information content (AvgIpc) is 2.87. The number of nitrogens with two attached hydrogens (primary N) is 1. The molecule has 1 atom stereocenters. The molecule has 0 spiro atoms. The van der Waals surface area contributed by atoms with Gasteiger partial charge in [0.25, 0.3) is 0 Å². The summed E-state index contributed by atoms with van der Waals surface area (Å²) in [5.41, 5.74) is 7.04. The number of carbonyl (C=O) groups is 1. The number of anilines is 1. The number of aromatic nitrogens is 1. The van der Waals surface area contributed by atoms with Crippen molar-refractivity contribution in [2.75, 3.05) is 12.8 Å². The van der Waals surface area contributed by atoms with Crippen molar-refractivity contribution >= 4 is 22.4 Å². The Morgan fingerprint density at radius 3 is 3.00 bits per heavy atom. The van der Waals surface area contributed by atoms with Crippen molar-refractivity contribution in [2.45, 2.75) is 31.6 Å². The zero-order valence-electron chi connectivity index (χ0n) is 12.5. The van der Waals surface area contributed by atoms with Crippen LogP contribution in [0.5, 0.6) is 0 Å². The number of hydrogen-bond donors (Lipinski definition) is 1. The minimum absolute atomic E-state index is 0.310. The first-order chi connectivity index (χ1) is 10.5. The van der Waals surface area contributed by atoms with E-state index in [-0.39, 0.29) is 11.8 Å². The van der Waals surface area contributed by atoms with Gasteiger partial charge in [0.2, 0.25) is 0 Å². The largest absolute Gasteiger partial charge is 0.468 e. The summed E-state index contributed by atoms with van der Waals surface area (Å²) in [4.78, 5) is 17.9. The fourth-order valence-electron chi connectivity index (χ4n) is 3.27. The van der Waals surface area contributed by atoms with Gasteiger partial charge >= 0.3 is 5.97 Å². The zero-order chi connectivity index (χ0) is 15.9. The van der Waals surface area contributed by atoms with Crippen molar-refractivity contribution in [1.29, 1.82) is 0 Å². The Bertz CT molecular complexity index is 744. The third kappa shape index (κ3) is 2.18. The molecule has 4 nitrogen and oxygen atoms in total. The van der Waals surface area contributed by atoms with Gasteiger partial charge in [0, 0.05) is 11.3 Å². The van der Waals surface area contributed by atoms with Gasteiger partial charge in [-0.05, 0) is 37.0 Å². The molecule has 1 aromatic carbocycles. The number of halogens is 1. The van der Waals surface area contributed by atoms with Crippen LogP contribution in [0.3, 0.4) is 0 Å². The number of benzene rings is 1. The Morgan fingerprint density at radius 1 is 1.50 bits per heavy atom. The normalized spacial score (nSPS) is 20.5. The number of esters is 1. The van der Waals surface area contributed by atoms with E-state index in [0.717, 1.165) is 10.6 Å². The van der Waals surface area contributed by atoms with E-state index in [4.69, 9.17) is 10.5 Å². The van der Waals surface area contributed by atoms with Crippen molar-refractivity contribution in [1.82, 2.24) is 4.98 Å². The van der Waals surface area contributed by atoms with Crippen LogP contribution in [0.25, 0.3) is 0 Å². The molecule has 0 amide bonds. The highest BCUT2D eigenvalue weighted by Crippen LogP contribution is 2.43. The lowest BCUT2D eigenvalue weighted by Gasteiger charge is -2.35. The van der Waals surface area contributed by atoms with Crippen molar-refractivity contribution in [3.8, 4) is 0 Å². The molecule has 1 aliphatic carbocycles. The molecule has 2 N–H and O–H groups in total. The molecule has 1 aliphatic rings. The molecular formula is C16H17FN2O2S. The summed E-state index contributed by atoms with van der Waals surface area (Å²) in [5.74, 6) is -0.644. The van der Waals surface area contributed by atoms with Crippen molar-refractivity contribution in [3.05, 3.63) is 45.7 Å². The van der Waals surface area contributed by atoms with Crippen LogP contribution in [0, 0.1) is 12.7 Å². The fraction of sp³-hybridized carbons (Fsp3) is 0.375. The lowest BCUT2D eigenvalue weighted by atomic mass is 9.69. The quantitative estimate of drug-likeness (QED) is 0.864. The second kappa shape index (κ2) is 5.35. The van der Waals surface area contributed by atoms with Gasteiger partial charge < -0.3 is 10.5 Å². The molecule has 0 radical (unpaired) electrons. The minimum atomic E-state index is -0.868. The molecular weight excluding hydrogens is 303 g/mol. The third-order valence-electron chi connectivity index (χ3n) is 4.41. The lowest BCUT2D eigenvalue weighted by Crippen LogP contribution is -2.42. The van der Waals surface area contributed by atoms with Crippen molar-refractivity contribution in [2.24, 2.45) is 0 Å². The number of aryl methyl sites for hydroxylation is 1.